The average molecular weight is 119 g/mol. The van der Waals surface area contributed by atoms with Crippen molar-refractivity contribution in [1.29, 1.82) is 0 Å². The van der Waals surface area contributed by atoms with Crippen LogP contribution in [0, 0.1) is 5.92 Å². The Bertz CT molecular complexity index is 82.5. The highest BCUT2D eigenvalue weighted by Gasteiger charge is 2.01. The van der Waals surface area contributed by atoms with E-state index in [4.69, 9.17) is 0 Å². The van der Waals surface area contributed by atoms with E-state index >= 15 is 0 Å². The molecule has 0 heterocycles. The molecule has 0 unspecified atom stereocenters. The number of carbonyl (C=O) groups is 1. The number of hydrogen-bond donors (Lipinski definition) is 1. The Kier molecular flexibility index (Phi) is 3.15. The van der Waals surface area contributed by atoms with Crippen LogP contribution in [0.25, 0.3) is 0 Å². The smallest absolute Gasteiger partial charge is 0.247 e. The first-order chi connectivity index (χ1) is 3.66. The Balaban J connectivity index is 3.25. The Labute approximate surface area is 48.0 Å². The maximum Gasteiger partial charge on any atom is 0.247 e. The van der Waals surface area contributed by atoms with Crippen LogP contribution in [-0.4, -0.2) is 5.91 Å². The van der Waals surface area contributed by atoms with E-state index in [1.54, 1.807) is 0 Å². The van der Waals surface area contributed by atoms with E-state index in [0.29, 0.717) is 0 Å². The minimum Gasteiger partial charge on any atom is -0.273 e. The monoisotopic (exact) mass is 119 g/mol. The lowest BCUT2D eigenvalue weighted by Gasteiger charge is -1.97. The third kappa shape index (κ3) is 3.59. The van der Waals surface area contributed by atoms with Crippen LogP contribution in [0.4, 0.5) is 4.48 Å². The van der Waals surface area contributed by atoms with Gasteiger partial charge in [0.2, 0.25) is 5.91 Å². The maximum absolute atomic E-state index is 11.1. The molecule has 0 saturated carbocycles. The highest BCUT2D eigenvalue weighted by molar-refractivity contribution is 5.74. The Morgan fingerprint density at radius 1 is 1.75 bits per heavy atom. The highest BCUT2D eigenvalue weighted by atomic mass is 19.2. The van der Waals surface area contributed by atoms with Gasteiger partial charge in [0.1, 0.15) is 0 Å². The molecule has 0 radical (unpaired) electrons. The average Bonchev–Trinajstić information content (AvgIpc) is 1.65. The van der Waals surface area contributed by atoms with E-state index in [1.807, 2.05) is 13.8 Å². The maximum atomic E-state index is 11.1. The van der Waals surface area contributed by atoms with Crippen LogP contribution >= 0.6 is 0 Å². The van der Waals surface area contributed by atoms with Crippen molar-refractivity contribution in [3.8, 4) is 0 Å². The second-order valence-electron chi connectivity index (χ2n) is 2.12. The van der Waals surface area contributed by atoms with Gasteiger partial charge in [0.05, 0.1) is 0 Å². The van der Waals surface area contributed by atoms with Gasteiger partial charge in [-0.05, 0) is 5.92 Å². The van der Waals surface area contributed by atoms with Gasteiger partial charge in [-0.25, -0.2) is 0 Å². The summed E-state index contributed by atoms with van der Waals surface area (Å²) >= 11 is 0. The van der Waals surface area contributed by atoms with Crippen molar-refractivity contribution >= 4 is 5.91 Å². The standard InChI is InChI=1S/C5H10FNO/c1-4(2)3-5(8)7-6/h4H,3H2,1-2H3,(H,7,8). The largest absolute Gasteiger partial charge is 0.273 e. The summed E-state index contributed by atoms with van der Waals surface area (Å²) in [4.78, 5) is 10.1. The predicted octanol–water partition coefficient (Wildman–Crippen LogP) is 1.03. The Morgan fingerprint density at radius 3 is 2.38 bits per heavy atom. The lowest BCUT2D eigenvalue weighted by atomic mass is 10.1. The number of amides is 1. The molecule has 0 aromatic heterocycles. The van der Waals surface area contributed by atoms with Crippen LogP contribution in [0.15, 0.2) is 0 Å². The first-order valence-electron chi connectivity index (χ1n) is 2.56. The van der Waals surface area contributed by atoms with E-state index in [-0.39, 0.29) is 12.3 Å². The lowest BCUT2D eigenvalue weighted by molar-refractivity contribution is -0.125. The van der Waals surface area contributed by atoms with Crippen LogP contribution in [-0.2, 0) is 4.79 Å². The summed E-state index contributed by atoms with van der Waals surface area (Å²) in [5.74, 6) is -0.314. The van der Waals surface area contributed by atoms with Crippen LogP contribution < -0.4 is 5.54 Å². The molecule has 1 amide bonds. The molecule has 0 spiro atoms. The summed E-state index contributed by atoms with van der Waals surface area (Å²) in [6, 6.07) is 0. The van der Waals surface area contributed by atoms with Crippen molar-refractivity contribution in [2.75, 3.05) is 0 Å². The van der Waals surface area contributed by atoms with Crippen LogP contribution in [0.5, 0.6) is 0 Å². The molecule has 0 rings (SSSR count). The highest BCUT2D eigenvalue weighted by Crippen LogP contribution is 1.97. The summed E-state index contributed by atoms with van der Waals surface area (Å²) in [6.07, 6.45) is 0.260. The first-order valence-corrected chi connectivity index (χ1v) is 2.56. The normalized spacial score (nSPS) is 9.50. The lowest BCUT2D eigenvalue weighted by Crippen LogP contribution is -2.15. The molecule has 0 aliphatic rings. The van der Waals surface area contributed by atoms with Gasteiger partial charge in [0, 0.05) is 6.42 Å². The van der Waals surface area contributed by atoms with Crippen molar-refractivity contribution in [1.82, 2.24) is 5.54 Å². The number of nitrogens with one attached hydrogen (secondary N) is 1. The molecule has 0 atom stereocenters. The van der Waals surface area contributed by atoms with Gasteiger partial charge in [0.15, 0.2) is 0 Å². The number of carbonyl (C=O) groups excluding carboxylic acids is 1. The topological polar surface area (TPSA) is 29.1 Å². The van der Waals surface area contributed by atoms with E-state index in [1.165, 1.54) is 0 Å². The Morgan fingerprint density at radius 2 is 2.25 bits per heavy atom. The third-order valence-corrected chi connectivity index (χ3v) is 0.699. The van der Waals surface area contributed by atoms with Gasteiger partial charge < -0.3 is 0 Å². The molecule has 1 N–H and O–H groups in total. The molecular formula is C5H10FNO. The van der Waals surface area contributed by atoms with Crippen molar-refractivity contribution < 1.29 is 9.28 Å². The minimum atomic E-state index is -0.542. The molecule has 0 fully saturated rings. The fourth-order valence-corrected chi connectivity index (χ4v) is 0.409. The van der Waals surface area contributed by atoms with Crippen LogP contribution in [0.2, 0.25) is 0 Å². The van der Waals surface area contributed by atoms with Gasteiger partial charge in [-0.2, -0.15) is 5.54 Å². The van der Waals surface area contributed by atoms with Crippen molar-refractivity contribution in [3.05, 3.63) is 0 Å². The molecule has 0 aliphatic heterocycles. The molecule has 2 nitrogen and oxygen atoms in total. The predicted molar refractivity (Wildman–Crippen MR) is 28.7 cm³/mol. The molecule has 0 aromatic carbocycles. The molecule has 0 saturated heterocycles. The molecule has 8 heavy (non-hydrogen) atoms. The summed E-state index contributed by atoms with van der Waals surface area (Å²) in [5, 5.41) is 0. The molecule has 0 aromatic rings. The zero-order valence-corrected chi connectivity index (χ0v) is 5.07. The molecule has 48 valence electrons. The molecular weight excluding hydrogens is 109 g/mol. The quantitative estimate of drug-likeness (QED) is 0.540. The summed E-state index contributed by atoms with van der Waals surface area (Å²) < 4.78 is 11.1. The Hall–Kier alpha value is -0.600. The zero-order chi connectivity index (χ0) is 6.57. The van der Waals surface area contributed by atoms with Crippen molar-refractivity contribution in [2.24, 2.45) is 5.92 Å². The van der Waals surface area contributed by atoms with Crippen molar-refractivity contribution in [3.63, 3.8) is 0 Å². The molecule has 0 bridgehead atoms. The minimum absolute atomic E-state index is 0.228. The second-order valence-corrected chi connectivity index (χ2v) is 2.12. The molecule has 0 aliphatic carbocycles. The summed E-state index contributed by atoms with van der Waals surface area (Å²) in [6.45, 7) is 3.71. The van der Waals surface area contributed by atoms with E-state index in [9.17, 15) is 9.28 Å². The fourth-order valence-electron chi connectivity index (χ4n) is 0.409. The van der Waals surface area contributed by atoms with Crippen molar-refractivity contribution in [2.45, 2.75) is 20.3 Å². The van der Waals surface area contributed by atoms with Gasteiger partial charge in [-0.3, -0.25) is 4.79 Å². The summed E-state index contributed by atoms with van der Waals surface area (Å²) in [5.41, 5.74) is 1.06. The number of halogens is 1. The SMILES string of the molecule is CC(C)CC(=O)NF. The zero-order valence-electron chi connectivity index (χ0n) is 5.07. The van der Waals surface area contributed by atoms with E-state index < -0.39 is 5.91 Å². The summed E-state index contributed by atoms with van der Waals surface area (Å²) in [7, 11) is 0. The van der Waals surface area contributed by atoms with Crippen LogP contribution in [0.1, 0.15) is 20.3 Å². The van der Waals surface area contributed by atoms with Gasteiger partial charge >= 0.3 is 0 Å². The fraction of sp³-hybridized carbons (Fsp3) is 0.800. The molecule has 3 heteroatoms. The number of rotatable bonds is 2. The van der Waals surface area contributed by atoms with Gasteiger partial charge in [-0.15, -0.1) is 4.48 Å². The van der Waals surface area contributed by atoms with Crippen LogP contribution in [0.3, 0.4) is 0 Å². The van der Waals surface area contributed by atoms with Gasteiger partial charge in [-0.1, -0.05) is 13.8 Å². The van der Waals surface area contributed by atoms with E-state index in [2.05, 4.69) is 0 Å². The number of hydrogen-bond acceptors (Lipinski definition) is 1. The second kappa shape index (κ2) is 3.41. The third-order valence-electron chi connectivity index (χ3n) is 0.699. The van der Waals surface area contributed by atoms with Gasteiger partial charge in [0.25, 0.3) is 0 Å². The van der Waals surface area contributed by atoms with E-state index in [0.717, 1.165) is 5.54 Å². The first kappa shape index (κ1) is 7.40.